The summed E-state index contributed by atoms with van der Waals surface area (Å²) < 4.78 is 7.48. The molecule has 2 saturated heterocycles. The number of hydrogen-bond donors (Lipinski definition) is 1. The van der Waals surface area contributed by atoms with Crippen LogP contribution in [0.1, 0.15) is 12.8 Å². The molecule has 0 saturated carbocycles. The number of hydrogen-bond acceptors (Lipinski definition) is 6. The SMILES string of the molecule is O=C(Nc1cccnc1N1CCCC1)N1CCOC(Cn2ccnn2)C1. The molecule has 0 spiro atoms. The maximum atomic E-state index is 12.8. The van der Waals surface area contributed by atoms with Crippen molar-refractivity contribution in [2.75, 3.05) is 43.0 Å². The van der Waals surface area contributed by atoms with Gasteiger partial charge in [0.1, 0.15) is 0 Å². The number of rotatable bonds is 4. The van der Waals surface area contributed by atoms with Crippen LogP contribution in [0.2, 0.25) is 0 Å². The number of aromatic nitrogens is 4. The van der Waals surface area contributed by atoms with Crippen LogP contribution in [0.5, 0.6) is 0 Å². The van der Waals surface area contributed by atoms with Crippen molar-refractivity contribution in [3.8, 4) is 0 Å². The number of anilines is 2. The van der Waals surface area contributed by atoms with Gasteiger partial charge in [0.2, 0.25) is 0 Å². The highest BCUT2D eigenvalue weighted by atomic mass is 16.5. The zero-order valence-corrected chi connectivity index (χ0v) is 14.6. The van der Waals surface area contributed by atoms with Crippen LogP contribution in [0.3, 0.4) is 0 Å². The molecule has 0 radical (unpaired) electrons. The normalized spacial score (nSPS) is 20.4. The lowest BCUT2D eigenvalue weighted by molar-refractivity contribution is -0.0222. The second-order valence-electron chi connectivity index (χ2n) is 6.56. The molecular weight excluding hydrogens is 334 g/mol. The summed E-state index contributed by atoms with van der Waals surface area (Å²) in [6.45, 7) is 4.15. The minimum absolute atomic E-state index is 0.0943. The largest absolute Gasteiger partial charge is 0.373 e. The molecule has 1 atom stereocenters. The Labute approximate surface area is 151 Å². The Morgan fingerprint density at radius 3 is 2.96 bits per heavy atom. The summed E-state index contributed by atoms with van der Waals surface area (Å²) >= 11 is 0. The zero-order chi connectivity index (χ0) is 17.8. The van der Waals surface area contributed by atoms with Crippen molar-refractivity contribution in [1.82, 2.24) is 24.9 Å². The molecule has 138 valence electrons. The number of carbonyl (C=O) groups excluding carboxylic acids is 1. The Bertz CT molecular complexity index is 730. The van der Waals surface area contributed by atoms with Gasteiger partial charge in [-0.05, 0) is 25.0 Å². The average molecular weight is 357 g/mol. The summed E-state index contributed by atoms with van der Waals surface area (Å²) in [7, 11) is 0. The molecule has 2 aromatic heterocycles. The quantitative estimate of drug-likeness (QED) is 0.885. The lowest BCUT2D eigenvalue weighted by atomic mass is 10.2. The Hall–Kier alpha value is -2.68. The first-order valence-corrected chi connectivity index (χ1v) is 9.01. The highest BCUT2D eigenvalue weighted by molar-refractivity contribution is 5.92. The summed E-state index contributed by atoms with van der Waals surface area (Å²) in [6, 6.07) is 3.64. The van der Waals surface area contributed by atoms with E-state index >= 15 is 0 Å². The first-order chi connectivity index (χ1) is 12.8. The molecule has 9 heteroatoms. The second-order valence-corrected chi connectivity index (χ2v) is 6.56. The molecule has 2 aromatic rings. The van der Waals surface area contributed by atoms with Crippen molar-refractivity contribution in [2.24, 2.45) is 0 Å². The van der Waals surface area contributed by atoms with E-state index in [0.29, 0.717) is 26.2 Å². The van der Waals surface area contributed by atoms with Crippen molar-refractivity contribution in [1.29, 1.82) is 0 Å². The number of pyridine rings is 1. The fraction of sp³-hybridized carbons (Fsp3) is 0.529. The molecule has 9 nitrogen and oxygen atoms in total. The predicted molar refractivity (Wildman–Crippen MR) is 96.0 cm³/mol. The van der Waals surface area contributed by atoms with Crippen LogP contribution < -0.4 is 10.2 Å². The van der Waals surface area contributed by atoms with E-state index in [2.05, 4.69) is 25.5 Å². The Balaban J connectivity index is 1.40. The van der Waals surface area contributed by atoms with E-state index in [1.54, 1.807) is 28.2 Å². The molecular formula is C17H23N7O2. The van der Waals surface area contributed by atoms with Gasteiger partial charge in [-0.3, -0.25) is 0 Å². The fourth-order valence-corrected chi connectivity index (χ4v) is 3.42. The van der Waals surface area contributed by atoms with Crippen LogP contribution in [-0.2, 0) is 11.3 Å². The third-order valence-corrected chi connectivity index (χ3v) is 4.72. The van der Waals surface area contributed by atoms with E-state index in [1.807, 2.05) is 12.1 Å². The minimum atomic E-state index is -0.120. The Morgan fingerprint density at radius 1 is 1.27 bits per heavy atom. The first kappa shape index (κ1) is 16.8. The highest BCUT2D eigenvalue weighted by Gasteiger charge is 2.26. The molecule has 4 rings (SSSR count). The number of urea groups is 1. The summed E-state index contributed by atoms with van der Waals surface area (Å²) in [5, 5.41) is 10.8. The summed E-state index contributed by atoms with van der Waals surface area (Å²) in [5.74, 6) is 0.853. The average Bonchev–Trinajstić information content (AvgIpc) is 3.36. The van der Waals surface area contributed by atoms with Crippen LogP contribution in [0.25, 0.3) is 0 Å². The van der Waals surface area contributed by atoms with Crippen LogP contribution in [-0.4, -0.2) is 69.8 Å². The second kappa shape index (κ2) is 7.69. The summed E-state index contributed by atoms with van der Waals surface area (Å²) in [5.41, 5.74) is 0.763. The predicted octanol–water partition coefficient (Wildman–Crippen LogP) is 1.21. The van der Waals surface area contributed by atoms with E-state index in [4.69, 9.17) is 4.74 Å². The van der Waals surface area contributed by atoms with E-state index < -0.39 is 0 Å². The van der Waals surface area contributed by atoms with Crippen LogP contribution in [0, 0.1) is 0 Å². The topological polar surface area (TPSA) is 88.4 Å². The van der Waals surface area contributed by atoms with Gasteiger partial charge in [0.15, 0.2) is 5.82 Å². The molecule has 0 bridgehead atoms. The minimum Gasteiger partial charge on any atom is -0.373 e. The van der Waals surface area contributed by atoms with Gasteiger partial charge in [-0.15, -0.1) is 5.10 Å². The van der Waals surface area contributed by atoms with Gasteiger partial charge in [-0.25, -0.2) is 14.5 Å². The van der Waals surface area contributed by atoms with E-state index in [-0.39, 0.29) is 12.1 Å². The molecule has 1 N–H and O–H groups in total. The van der Waals surface area contributed by atoms with Crippen molar-refractivity contribution in [3.63, 3.8) is 0 Å². The van der Waals surface area contributed by atoms with Gasteiger partial charge in [0.05, 0.1) is 37.7 Å². The van der Waals surface area contributed by atoms with Gasteiger partial charge in [-0.2, -0.15) is 0 Å². The summed E-state index contributed by atoms with van der Waals surface area (Å²) in [4.78, 5) is 21.2. The lowest BCUT2D eigenvalue weighted by Crippen LogP contribution is -2.48. The van der Waals surface area contributed by atoms with Gasteiger partial charge in [-0.1, -0.05) is 5.21 Å². The monoisotopic (exact) mass is 357 g/mol. The number of amides is 2. The maximum absolute atomic E-state index is 12.8. The van der Waals surface area contributed by atoms with Gasteiger partial charge in [0.25, 0.3) is 0 Å². The van der Waals surface area contributed by atoms with Gasteiger partial charge in [0, 0.05) is 32.0 Å². The molecule has 1 unspecified atom stereocenters. The van der Waals surface area contributed by atoms with Crippen molar-refractivity contribution in [3.05, 3.63) is 30.7 Å². The van der Waals surface area contributed by atoms with Crippen LogP contribution >= 0.6 is 0 Å². The van der Waals surface area contributed by atoms with Gasteiger partial charge >= 0.3 is 6.03 Å². The third kappa shape index (κ3) is 3.77. The standard InChI is InChI=1S/C17H23N7O2/c25-17(20-15-4-3-5-18-16(15)22-7-1-2-8-22)23-10-11-26-14(12-23)13-24-9-6-19-21-24/h3-6,9,14H,1-2,7-8,10-13H2,(H,20,25). The van der Waals surface area contributed by atoms with Crippen molar-refractivity contribution in [2.45, 2.75) is 25.5 Å². The molecule has 0 aliphatic carbocycles. The number of nitrogens with one attached hydrogen (secondary N) is 1. The smallest absolute Gasteiger partial charge is 0.322 e. The van der Waals surface area contributed by atoms with Gasteiger partial charge < -0.3 is 19.9 Å². The fourth-order valence-electron chi connectivity index (χ4n) is 3.42. The van der Waals surface area contributed by atoms with Crippen molar-refractivity contribution >= 4 is 17.5 Å². The van der Waals surface area contributed by atoms with E-state index in [0.717, 1.165) is 37.4 Å². The maximum Gasteiger partial charge on any atom is 0.322 e. The van der Waals surface area contributed by atoms with Crippen LogP contribution in [0.15, 0.2) is 30.7 Å². The zero-order valence-electron chi connectivity index (χ0n) is 14.6. The van der Waals surface area contributed by atoms with Crippen molar-refractivity contribution < 1.29 is 9.53 Å². The third-order valence-electron chi connectivity index (χ3n) is 4.72. The number of morpholine rings is 1. The molecule has 4 heterocycles. The first-order valence-electron chi connectivity index (χ1n) is 9.01. The molecule has 2 amide bonds. The highest BCUT2D eigenvalue weighted by Crippen LogP contribution is 2.26. The molecule has 2 aliphatic heterocycles. The lowest BCUT2D eigenvalue weighted by Gasteiger charge is -2.33. The van der Waals surface area contributed by atoms with Crippen LogP contribution in [0.4, 0.5) is 16.3 Å². The molecule has 26 heavy (non-hydrogen) atoms. The van der Waals surface area contributed by atoms with E-state index in [9.17, 15) is 4.79 Å². The Kier molecular flexibility index (Phi) is 4.96. The summed E-state index contributed by atoms with van der Waals surface area (Å²) in [6.07, 6.45) is 7.43. The number of nitrogens with zero attached hydrogens (tertiary/aromatic N) is 6. The molecule has 0 aromatic carbocycles. The van der Waals surface area contributed by atoms with E-state index in [1.165, 1.54) is 0 Å². The Morgan fingerprint density at radius 2 is 2.15 bits per heavy atom. The number of carbonyl (C=O) groups is 1. The number of ether oxygens (including phenoxy) is 1. The molecule has 2 fully saturated rings. The molecule has 2 aliphatic rings.